The lowest BCUT2D eigenvalue weighted by molar-refractivity contribution is 0.221. The van der Waals surface area contributed by atoms with Crippen molar-refractivity contribution in [2.45, 2.75) is 37.2 Å². The molecule has 1 fully saturated rings. The van der Waals surface area contributed by atoms with Gasteiger partial charge >= 0.3 is 0 Å². The highest BCUT2D eigenvalue weighted by molar-refractivity contribution is 7.72. The number of aromatic nitrogens is 1. The van der Waals surface area contributed by atoms with Crippen molar-refractivity contribution >= 4 is 16.5 Å². The molecule has 0 saturated carbocycles. The maximum absolute atomic E-state index is 10.9. The number of likely N-dealkylation sites (tertiary alicyclic amines) is 1. The van der Waals surface area contributed by atoms with E-state index in [0.29, 0.717) is 12.4 Å². The third kappa shape index (κ3) is 4.79. The quantitative estimate of drug-likeness (QED) is 0.788. The predicted octanol–water partition coefficient (Wildman–Crippen LogP) is 2.65. The van der Waals surface area contributed by atoms with Crippen molar-refractivity contribution in [2.24, 2.45) is 0 Å². The second kappa shape index (κ2) is 8.26. The molecule has 1 aromatic heterocycles. The maximum Gasteiger partial charge on any atom is 0.169 e. The van der Waals surface area contributed by atoms with Crippen molar-refractivity contribution in [3.63, 3.8) is 0 Å². The molecule has 1 aliphatic rings. The molecule has 1 aromatic carbocycles. The summed E-state index contributed by atoms with van der Waals surface area (Å²) in [6, 6.07) is 11.8. The molecule has 2 heterocycles. The first-order valence-electron chi connectivity index (χ1n) is 8.35. The lowest BCUT2D eigenvalue weighted by atomic mass is 10.1. The molecule has 1 saturated heterocycles. The summed E-state index contributed by atoms with van der Waals surface area (Å²) in [6.07, 6.45) is 5.34. The lowest BCUT2D eigenvalue weighted by Gasteiger charge is -2.26. The van der Waals surface area contributed by atoms with E-state index in [1.165, 1.54) is 49.7 Å². The highest BCUT2D eigenvalue weighted by atomic mass is 32.2. The number of nitrogens with one attached hydrogen (secondary N) is 1. The highest BCUT2D eigenvalue weighted by Gasteiger charge is 2.10. The molecule has 128 valence electrons. The van der Waals surface area contributed by atoms with Crippen LogP contribution in [-0.4, -0.2) is 31.4 Å². The van der Waals surface area contributed by atoms with E-state index in [1.54, 1.807) is 12.1 Å². The number of anilines is 1. The van der Waals surface area contributed by atoms with Crippen molar-refractivity contribution < 1.29 is 8.42 Å². The molecule has 1 N–H and O–H groups in total. The van der Waals surface area contributed by atoms with Crippen molar-refractivity contribution in [2.75, 3.05) is 18.4 Å². The molecule has 0 amide bonds. The normalized spacial score (nSPS) is 15.5. The van der Waals surface area contributed by atoms with E-state index in [1.807, 2.05) is 0 Å². The van der Waals surface area contributed by atoms with E-state index in [-0.39, 0.29) is 4.90 Å². The molecule has 5 nitrogen and oxygen atoms in total. The topological polar surface area (TPSA) is 62.3 Å². The number of hydrogen-bond donors (Lipinski definition) is 2. The van der Waals surface area contributed by atoms with Gasteiger partial charge in [0.25, 0.3) is 0 Å². The second-order valence-corrected chi connectivity index (χ2v) is 7.20. The summed E-state index contributed by atoms with van der Waals surface area (Å²) in [5.41, 5.74) is 2.54. The zero-order chi connectivity index (χ0) is 16.8. The largest absolute Gasteiger partial charge is 0.366 e. The van der Waals surface area contributed by atoms with Crippen LogP contribution >= 0.6 is 0 Å². The van der Waals surface area contributed by atoms with Crippen LogP contribution in [0.15, 0.2) is 47.5 Å². The van der Waals surface area contributed by atoms with Crippen LogP contribution < -0.4 is 5.32 Å². The van der Waals surface area contributed by atoms with Gasteiger partial charge in [0.1, 0.15) is 5.82 Å². The van der Waals surface area contributed by atoms with Crippen molar-refractivity contribution in [1.82, 2.24) is 9.88 Å². The van der Waals surface area contributed by atoms with Gasteiger partial charge in [-0.2, -0.15) is 0 Å². The Morgan fingerprint density at radius 1 is 1.04 bits per heavy atom. The van der Waals surface area contributed by atoms with Crippen LogP contribution in [-0.2, 0) is 23.8 Å². The Kier molecular flexibility index (Phi) is 5.82. The van der Waals surface area contributed by atoms with Gasteiger partial charge in [-0.05, 0) is 49.2 Å². The number of hydrogen-bond acceptors (Lipinski definition) is 5. The molecule has 0 bridgehead atoms. The van der Waals surface area contributed by atoms with Crippen LogP contribution in [0.4, 0.5) is 5.82 Å². The summed E-state index contributed by atoms with van der Waals surface area (Å²) in [5.74, 6) is 0.678. The van der Waals surface area contributed by atoms with Crippen LogP contribution in [0.25, 0.3) is 0 Å². The van der Waals surface area contributed by atoms with Crippen LogP contribution in [0.1, 0.15) is 30.4 Å². The monoisotopic (exact) mass is 345 g/mol. The van der Waals surface area contributed by atoms with Gasteiger partial charge in [0, 0.05) is 19.3 Å². The van der Waals surface area contributed by atoms with Gasteiger partial charge in [-0.25, -0.2) is 13.4 Å². The first-order valence-corrected chi connectivity index (χ1v) is 9.53. The molecule has 2 aromatic rings. The van der Waals surface area contributed by atoms with Crippen molar-refractivity contribution in [3.8, 4) is 0 Å². The third-order valence-corrected chi connectivity index (χ3v) is 4.96. The van der Waals surface area contributed by atoms with E-state index in [0.717, 1.165) is 6.54 Å². The van der Waals surface area contributed by atoms with Crippen LogP contribution in [0.3, 0.4) is 0 Å². The summed E-state index contributed by atoms with van der Waals surface area (Å²) in [6.45, 7) is 4.07. The summed E-state index contributed by atoms with van der Waals surface area (Å²) in [7, 11) is -2.57. The zero-order valence-electron chi connectivity index (χ0n) is 13.6. The molecule has 24 heavy (non-hydrogen) atoms. The summed E-state index contributed by atoms with van der Waals surface area (Å²) in [4.78, 5) is 6.88. The van der Waals surface area contributed by atoms with Gasteiger partial charge in [0.15, 0.2) is 10.7 Å². The molecule has 0 unspecified atom stereocenters. The van der Waals surface area contributed by atoms with Gasteiger partial charge in [-0.15, -0.1) is 0 Å². The summed E-state index contributed by atoms with van der Waals surface area (Å²) < 4.78 is 21.7. The zero-order valence-corrected chi connectivity index (χ0v) is 14.5. The molecular weight excluding hydrogens is 322 g/mol. The lowest BCUT2D eigenvalue weighted by Crippen LogP contribution is -2.29. The molecule has 0 radical (unpaired) electrons. The maximum atomic E-state index is 10.9. The van der Waals surface area contributed by atoms with E-state index < -0.39 is 10.7 Å². The van der Waals surface area contributed by atoms with E-state index >= 15 is 0 Å². The third-order valence-electron chi connectivity index (χ3n) is 4.28. The smallest absolute Gasteiger partial charge is 0.169 e. The minimum absolute atomic E-state index is 0.235. The van der Waals surface area contributed by atoms with Crippen LogP contribution in [0.2, 0.25) is 0 Å². The summed E-state index contributed by atoms with van der Waals surface area (Å²) >= 11 is 0. The van der Waals surface area contributed by atoms with Gasteiger partial charge < -0.3 is 5.32 Å². The fourth-order valence-corrected chi connectivity index (χ4v) is 3.35. The van der Waals surface area contributed by atoms with Gasteiger partial charge in [-0.3, -0.25) is 4.90 Å². The van der Waals surface area contributed by atoms with Crippen LogP contribution in [0.5, 0.6) is 0 Å². The van der Waals surface area contributed by atoms with E-state index in [4.69, 9.17) is 0 Å². The van der Waals surface area contributed by atoms with E-state index in [2.05, 4.69) is 39.5 Å². The number of piperidine rings is 1. The molecule has 0 aliphatic carbocycles. The Morgan fingerprint density at radius 2 is 1.83 bits per heavy atom. The fraction of sp³-hybridized carbons (Fsp3) is 0.389. The SMILES string of the molecule is O=[SH](=O)c1ccc(NCc2cccc(CN3CCCCC3)c2)nc1. The van der Waals surface area contributed by atoms with Crippen LogP contribution in [0, 0.1) is 0 Å². The average molecular weight is 345 g/mol. The number of nitrogens with zero attached hydrogens (tertiary/aromatic N) is 2. The predicted molar refractivity (Wildman–Crippen MR) is 95.7 cm³/mol. The van der Waals surface area contributed by atoms with Crippen molar-refractivity contribution in [3.05, 3.63) is 53.7 Å². The molecule has 1 aliphatic heterocycles. The van der Waals surface area contributed by atoms with Gasteiger partial charge in [0.2, 0.25) is 0 Å². The Balaban J connectivity index is 1.57. The molecular formula is C18H23N3O2S. The average Bonchev–Trinajstić information content (AvgIpc) is 2.61. The Labute approximate surface area is 144 Å². The van der Waals surface area contributed by atoms with Crippen molar-refractivity contribution in [1.29, 1.82) is 0 Å². The number of thiol groups is 1. The fourth-order valence-electron chi connectivity index (χ4n) is 3.00. The van der Waals surface area contributed by atoms with Gasteiger partial charge in [0.05, 0.1) is 4.90 Å². The number of benzene rings is 1. The second-order valence-electron chi connectivity index (χ2n) is 6.17. The standard InChI is InChI=1S/C18H23N3O2S/c22-24(23)17-7-8-18(20-13-17)19-12-15-5-4-6-16(11-15)14-21-9-2-1-3-10-21/h4-8,11,13,24H,1-3,9-10,12,14H2,(H,19,20). The first kappa shape index (κ1) is 16.9. The van der Waals surface area contributed by atoms with Gasteiger partial charge in [-0.1, -0.05) is 30.7 Å². The molecule has 3 rings (SSSR count). The Morgan fingerprint density at radius 3 is 2.54 bits per heavy atom. The molecule has 0 atom stereocenters. The minimum atomic E-state index is -2.57. The molecule has 0 spiro atoms. The Hall–Kier alpha value is -1.92. The first-order chi connectivity index (χ1) is 11.7. The Bertz CT molecular complexity index is 730. The number of pyridine rings is 1. The highest BCUT2D eigenvalue weighted by Crippen LogP contribution is 2.15. The number of rotatable bonds is 6. The summed E-state index contributed by atoms with van der Waals surface area (Å²) in [5, 5.41) is 3.24. The van der Waals surface area contributed by atoms with E-state index in [9.17, 15) is 8.42 Å². The molecule has 6 heteroatoms. The minimum Gasteiger partial charge on any atom is -0.366 e.